The lowest BCUT2D eigenvalue weighted by Crippen LogP contribution is -2.42. The number of carbonyl (C=O) groups is 3. The minimum Gasteiger partial charge on any atom is -0.467 e. The number of ketones is 1. The molecule has 1 atom stereocenters. The molecule has 0 fully saturated rings. The molecule has 0 saturated heterocycles. The number of nitrogens with one attached hydrogen (secondary N) is 1. The van der Waals surface area contributed by atoms with Crippen LogP contribution in [0.2, 0.25) is 0 Å². The molecule has 0 spiro atoms. The van der Waals surface area contributed by atoms with Gasteiger partial charge in [0.25, 0.3) is 0 Å². The second-order valence-electron chi connectivity index (χ2n) is 4.19. The lowest BCUT2D eigenvalue weighted by atomic mass is 10.1. The van der Waals surface area contributed by atoms with Gasteiger partial charge in [-0.05, 0) is 12.5 Å². The van der Waals surface area contributed by atoms with Crippen LogP contribution < -0.4 is 5.32 Å². The fourth-order valence-electron chi connectivity index (χ4n) is 1.53. The van der Waals surface area contributed by atoms with Gasteiger partial charge in [-0.1, -0.05) is 30.3 Å². The van der Waals surface area contributed by atoms with E-state index in [0.717, 1.165) is 5.56 Å². The molecule has 0 aliphatic heterocycles. The van der Waals surface area contributed by atoms with E-state index in [1.54, 1.807) is 12.1 Å². The van der Waals surface area contributed by atoms with Crippen molar-refractivity contribution < 1.29 is 23.9 Å². The van der Waals surface area contributed by atoms with Gasteiger partial charge in [0.05, 0.1) is 7.11 Å². The highest BCUT2D eigenvalue weighted by Crippen LogP contribution is 2.02. The van der Waals surface area contributed by atoms with Crippen molar-refractivity contribution in [1.82, 2.24) is 5.32 Å². The van der Waals surface area contributed by atoms with Crippen molar-refractivity contribution in [1.29, 1.82) is 0 Å². The molecule has 20 heavy (non-hydrogen) atoms. The molecular weight excluding hydrogens is 262 g/mol. The molecule has 1 unspecified atom stereocenters. The number of alkyl carbamates (subject to hydrolysis) is 1. The third-order valence-corrected chi connectivity index (χ3v) is 2.48. The number of carbonyl (C=O) groups excluding carboxylic acids is 3. The Hall–Kier alpha value is -2.37. The number of hydrogen-bond acceptors (Lipinski definition) is 5. The zero-order chi connectivity index (χ0) is 15.0. The molecule has 0 bridgehead atoms. The fraction of sp³-hybridized carbons (Fsp3) is 0.357. The molecule has 0 radical (unpaired) electrons. The number of Topliss-reactive ketones (excluding diaryl/α,β-unsaturated/α-hetero) is 1. The van der Waals surface area contributed by atoms with Gasteiger partial charge in [-0.25, -0.2) is 9.59 Å². The Labute approximate surface area is 117 Å². The van der Waals surface area contributed by atoms with Crippen LogP contribution in [-0.4, -0.2) is 31.0 Å². The van der Waals surface area contributed by atoms with E-state index in [4.69, 9.17) is 4.74 Å². The second kappa shape index (κ2) is 7.93. The Morgan fingerprint density at radius 1 is 1.20 bits per heavy atom. The normalized spacial score (nSPS) is 11.3. The maximum Gasteiger partial charge on any atom is 0.408 e. The number of rotatable bonds is 6. The molecule has 1 aromatic rings. The van der Waals surface area contributed by atoms with Crippen LogP contribution in [0.1, 0.15) is 18.9 Å². The summed E-state index contributed by atoms with van der Waals surface area (Å²) in [5.41, 5.74) is 0.823. The maximum atomic E-state index is 11.6. The summed E-state index contributed by atoms with van der Waals surface area (Å²) in [5, 5.41) is 2.31. The van der Waals surface area contributed by atoms with Gasteiger partial charge in [0.1, 0.15) is 18.4 Å². The Morgan fingerprint density at radius 2 is 1.85 bits per heavy atom. The number of hydrogen-bond donors (Lipinski definition) is 1. The molecule has 6 heteroatoms. The Bertz CT molecular complexity index is 472. The van der Waals surface area contributed by atoms with Gasteiger partial charge in [-0.15, -0.1) is 0 Å². The second-order valence-corrected chi connectivity index (χ2v) is 4.19. The maximum absolute atomic E-state index is 11.6. The molecule has 0 aromatic heterocycles. The molecule has 1 aromatic carbocycles. The topological polar surface area (TPSA) is 81.7 Å². The lowest BCUT2D eigenvalue weighted by molar-refractivity contribution is -0.144. The standard InChI is InChI=1S/C14H17NO5/c1-10(16)8-12(13(17)19-2)15-14(18)20-9-11-6-4-3-5-7-11/h3-7,12H,8-9H2,1-2H3,(H,15,18). The van der Waals surface area contributed by atoms with Crippen LogP contribution in [0.4, 0.5) is 4.79 Å². The van der Waals surface area contributed by atoms with Gasteiger partial charge in [-0.2, -0.15) is 0 Å². The predicted octanol–water partition coefficient (Wildman–Crippen LogP) is 1.43. The lowest BCUT2D eigenvalue weighted by Gasteiger charge is -2.15. The van der Waals surface area contributed by atoms with Crippen LogP contribution in [0.15, 0.2) is 30.3 Å². The first kappa shape index (κ1) is 15.7. The Balaban J connectivity index is 2.49. The average Bonchev–Trinajstić information content (AvgIpc) is 2.44. The summed E-state index contributed by atoms with van der Waals surface area (Å²) in [6.45, 7) is 1.41. The molecule has 0 aliphatic carbocycles. The van der Waals surface area contributed by atoms with E-state index in [0.29, 0.717) is 0 Å². The van der Waals surface area contributed by atoms with Crippen LogP contribution in [-0.2, 0) is 25.7 Å². The molecule has 1 N–H and O–H groups in total. The first-order valence-electron chi connectivity index (χ1n) is 6.07. The number of ether oxygens (including phenoxy) is 2. The van der Waals surface area contributed by atoms with Gasteiger partial charge in [0.15, 0.2) is 0 Å². The van der Waals surface area contributed by atoms with Crippen molar-refractivity contribution in [3.05, 3.63) is 35.9 Å². The van der Waals surface area contributed by atoms with E-state index in [1.807, 2.05) is 18.2 Å². The zero-order valence-electron chi connectivity index (χ0n) is 11.4. The summed E-state index contributed by atoms with van der Waals surface area (Å²) < 4.78 is 9.48. The highest BCUT2D eigenvalue weighted by molar-refractivity contribution is 5.87. The number of methoxy groups -OCH3 is 1. The molecular formula is C14H17NO5. The first-order chi connectivity index (χ1) is 9.52. The third-order valence-electron chi connectivity index (χ3n) is 2.48. The highest BCUT2D eigenvalue weighted by Gasteiger charge is 2.23. The molecule has 108 valence electrons. The van der Waals surface area contributed by atoms with E-state index in [9.17, 15) is 14.4 Å². The van der Waals surface area contributed by atoms with Crippen molar-refractivity contribution >= 4 is 17.8 Å². The Morgan fingerprint density at radius 3 is 2.40 bits per heavy atom. The molecule has 1 rings (SSSR count). The van der Waals surface area contributed by atoms with Crippen LogP contribution in [0.5, 0.6) is 0 Å². The number of esters is 1. The van der Waals surface area contributed by atoms with Crippen molar-refractivity contribution in [3.8, 4) is 0 Å². The number of amides is 1. The monoisotopic (exact) mass is 279 g/mol. The summed E-state index contributed by atoms with van der Waals surface area (Å²) >= 11 is 0. The third kappa shape index (κ3) is 5.51. The summed E-state index contributed by atoms with van der Waals surface area (Å²) in [4.78, 5) is 34.0. The smallest absolute Gasteiger partial charge is 0.408 e. The van der Waals surface area contributed by atoms with Crippen molar-refractivity contribution in [3.63, 3.8) is 0 Å². The molecule has 1 amide bonds. The van der Waals surface area contributed by atoms with Gasteiger partial charge in [0, 0.05) is 6.42 Å². The molecule has 0 heterocycles. The van der Waals surface area contributed by atoms with Crippen LogP contribution >= 0.6 is 0 Å². The molecule has 0 aliphatic rings. The summed E-state index contributed by atoms with van der Waals surface area (Å²) in [5.74, 6) is -0.916. The van der Waals surface area contributed by atoms with Crippen LogP contribution in [0, 0.1) is 0 Å². The SMILES string of the molecule is COC(=O)C(CC(C)=O)NC(=O)OCc1ccccc1. The average molecular weight is 279 g/mol. The van der Waals surface area contributed by atoms with Gasteiger partial charge in [0.2, 0.25) is 0 Å². The molecule has 0 saturated carbocycles. The molecule has 6 nitrogen and oxygen atoms in total. The van der Waals surface area contributed by atoms with Crippen molar-refractivity contribution in [2.75, 3.05) is 7.11 Å². The fourth-order valence-corrected chi connectivity index (χ4v) is 1.53. The summed E-state index contributed by atoms with van der Waals surface area (Å²) in [7, 11) is 1.19. The van der Waals surface area contributed by atoms with Gasteiger partial charge < -0.3 is 14.8 Å². The predicted molar refractivity (Wildman–Crippen MR) is 70.9 cm³/mol. The number of benzene rings is 1. The minimum absolute atomic E-state index is 0.0840. The van der Waals surface area contributed by atoms with E-state index < -0.39 is 18.1 Å². The highest BCUT2D eigenvalue weighted by atomic mass is 16.6. The summed E-state index contributed by atoms with van der Waals surface area (Å²) in [6.07, 6.45) is -0.905. The zero-order valence-corrected chi connectivity index (χ0v) is 11.4. The van der Waals surface area contributed by atoms with E-state index in [2.05, 4.69) is 10.1 Å². The largest absolute Gasteiger partial charge is 0.467 e. The van der Waals surface area contributed by atoms with E-state index >= 15 is 0 Å². The summed E-state index contributed by atoms with van der Waals surface area (Å²) in [6, 6.07) is 8.08. The van der Waals surface area contributed by atoms with Crippen LogP contribution in [0.25, 0.3) is 0 Å². The van der Waals surface area contributed by atoms with E-state index in [1.165, 1.54) is 14.0 Å². The van der Waals surface area contributed by atoms with Crippen LogP contribution in [0.3, 0.4) is 0 Å². The quantitative estimate of drug-likeness (QED) is 0.797. The first-order valence-corrected chi connectivity index (χ1v) is 6.07. The van der Waals surface area contributed by atoms with Gasteiger partial charge >= 0.3 is 12.1 Å². The van der Waals surface area contributed by atoms with E-state index in [-0.39, 0.29) is 18.8 Å². The minimum atomic E-state index is -1.03. The van der Waals surface area contributed by atoms with Crippen molar-refractivity contribution in [2.45, 2.75) is 26.0 Å². The van der Waals surface area contributed by atoms with Crippen molar-refractivity contribution in [2.24, 2.45) is 0 Å². The van der Waals surface area contributed by atoms with Gasteiger partial charge in [-0.3, -0.25) is 4.79 Å². The Kier molecular flexibility index (Phi) is 6.22.